The van der Waals surface area contributed by atoms with Crippen molar-refractivity contribution in [2.45, 2.75) is 53.6 Å². The van der Waals surface area contributed by atoms with Crippen LogP contribution < -0.4 is 9.47 Å². The number of pyridine rings is 1. The number of aliphatic hydroxyl groups excluding tert-OH is 1. The molecule has 1 rings (SSSR count). The summed E-state index contributed by atoms with van der Waals surface area (Å²) in [5.41, 5.74) is 4.38. The summed E-state index contributed by atoms with van der Waals surface area (Å²) < 4.78 is 10.5. The standard InChI is InChI=1S/C24H35NO3/c1-8-19(4)23(26)20(5)16-18(3)11-9-10-17(2)12-13-21-14-15-22(27-6)24(25-21)28-7/h8-9,11-12,14-16,20,23,26H,10,13H2,1-7H3/b11-9+,17-12+,18-16+,19-8+/t20-,23+/m1/s1. The van der Waals surface area contributed by atoms with Crippen LogP contribution in [0.5, 0.6) is 11.6 Å². The molecule has 1 aromatic heterocycles. The van der Waals surface area contributed by atoms with Gasteiger partial charge in [0.05, 0.1) is 20.3 Å². The van der Waals surface area contributed by atoms with Crippen LogP contribution in [-0.4, -0.2) is 30.4 Å². The van der Waals surface area contributed by atoms with Crippen molar-refractivity contribution in [3.63, 3.8) is 0 Å². The zero-order valence-electron chi connectivity index (χ0n) is 18.3. The summed E-state index contributed by atoms with van der Waals surface area (Å²) in [7, 11) is 3.20. The Kier molecular flexibility index (Phi) is 10.3. The SMILES string of the molecule is C/C=C(\C)[C@H](O)[C@H](C)/C=C(C)/C=C/C/C(C)=C/Cc1ccc(OC)c(OC)n1. The van der Waals surface area contributed by atoms with Gasteiger partial charge in [-0.2, -0.15) is 0 Å². The fourth-order valence-corrected chi connectivity index (χ4v) is 2.82. The van der Waals surface area contributed by atoms with Crippen LogP contribution in [0.2, 0.25) is 0 Å². The van der Waals surface area contributed by atoms with Crippen LogP contribution in [0.3, 0.4) is 0 Å². The zero-order valence-corrected chi connectivity index (χ0v) is 18.3. The lowest BCUT2D eigenvalue weighted by Crippen LogP contribution is -2.17. The number of methoxy groups -OCH3 is 2. The van der Waals surface area contributed by atoms with E-state index < -0.39 is 6.10 Å². The number of hydrogen-bond acceptors (Lipinski definition) is 4. The van der Waals surface area contributed by atoms with E-state index in [2.05, 4.69) is 43.1 Å². The number of hydrogen-bond donors (Lipinski definition) is 1. The summed E-state index contributed by atoms with van der Waals surface area (Å²) in [5.74, 6) is 1.24. The van der Waals surface area contributed by atoms with Gasteiger partial charge in [-0.3, -0.25) is 0 Å². The largest absolute Gasteiger partial charge is 0.491 e. The molecule has 28 heavy (non-hydrogen) atoms. The Morgan fingerprint density at radius 3 is 2.50 bits per heavy atom. The Labute approximate surface area is 170 Å². The number of aromatic nitrogens is 1. The van der Waals surface area contributed by atoms with E-state index in [1.54, 1.807) is 14.2 Å². The molecule has 0 aliphatic carbocycles. The fraction of sp³-hybridized carbons (Fsp3) is 0.458. The van der Waals surface area contributed by atoms with Crippen LogP contribution in [-0.2, 0) is 6.42 Å². The average molecular weight is 386 g/mol. The van der Waals surface area contributed by atoms with Gasteiger partial charge in [-0.1, -0.05) is 48.5 Å². The van der Waals surface area contributed by atoms with Gasteiger partial charge in [-0.25, -0.2) is 4.98 Å². The maximum Gasteiger partial charge on any atom is 0.256 e. The summed E-state index contributed by atoms with van der Waals surface area (Å²) in [6.07, 6.45) is 11.7. The smallest absolute Gasteiger partial charge is 0.256 e. The van der Waals surface area contributed by atoms with Crippen LogP contribution in [0.25, 0.3) is 0 Å². The Bertz CT molecular complexity index is 744. The molecule has 0 radical (unpaired) electrons. The van der Waals surface area contributed by atoms with Crippen LogP contribution in [0.1, 0.15) is 46.7 Å². The lowest BCUT2D eigenvalue weighted by atomic mass is 9.96. The summed E-state index contributed by atoms with van der Waals surface area (Å²) in [6.45, 7) is 10.1. The molecule has 1 aromatic rings. The zero-order chi connectivity index (χ0) is 21.1. The predicted molar refractivity (Wildman–Crippen MR) is 117 cm³/mol. The molecule has 0 aliphatic rings. The topological polar surface area (TPSA) is 51.6 Å². The maximum absolute atomic E-state index is 10.2. The Hall–Kier alpha value is -2.33. The molecule has 1 N–H and O–H groups in total. The van der Waals surface area contributed by atoms with Gasteiger partial charge < -0.3 is 14.6 Å². The predicted octanol–water partition coefficient (Wildman–Crippen LogP) is 5.44. The normalized spacial score (nSPS) is 15.6. The van der Waals surface area contributed by atoms with E-state index in [4.69, 9.17) is 9.47 Å². The van der Waals surface area contributed by atoms with Crippen molar-refractivity contribution < 1.29 is 14.6 Å². The van der Waals surface area contributed by atoms with E-state index in [1.165, 1.54) is 5.57 Å². The first-order valence-corrected chi connectivity index (χ1v) is 9.71. The maximum atomic E-state index is 10.2. The third-order valence-corrected chi connectivity index (χ3v) is 4.72. The third-order valence-electron chi connectivity index (χ3n) is 4.72. The van der Waals surface area contributed by atoms with Gasteiger partial charge in [-0.05, 0) is 51.8 Å². The molecular formula is C24H35NO3. The van der Waals surface area contributed by atoms with Gasteiger partial charge in [0.25, 0.3) is 5.88 Å². The summed E-state index contributed by atoms with van der Waals surface area (Å²) in [6, 6.07) is 3.83. The highest BCUT2D eigenvalue weighted by Gasteiger charge is 2.12. The van der Waals surface area contributed by atoms with Gasteiger partial charge in [0.2, 0.25) is 0 Å². The molecule has 0 unspecified atom stereocenters. The monoisotopic (exact) mass is 385 g/mol. The molecule has 2 atom stereocenters. The molecule has 0 aromatic carbocycles. The average Bonchev–Trinajstić information content (AvgIpc) is 2.70. The van der Waals surface area contributed by atoms with Crippen molar-refractivity contribution >= 4 is 0 Å². The van der Waals surface area contributed by atoms with Crippen molar-refractivity contribution in [3.05, 3.63) is 64.9 Å². The third kappa shape index (κ3) is 7.73. The molecule has 154 valence electrons. The van der Waals surface area contributed by atoms with Crippen molar-refractivity contribution in [2.24, 2.45) is 5.92 Å². The molecule has 0 bridgehead atoms. The first-order valence-electron chi connectivity index (χ1n) is 9.71. The lowest BCUT2D eigenvalue weighted by Gasteiger charge is -2.16. The summed E-state index contributed by atoms with van der Waals surface area (Å²) >= 11 is 0. The highest BCUT2D eigenvalue weighted by atomic mass is 16.5. The molecule has 0 saturated heterocycles. The second-order valence-corrected chi connectivity index (χ2v) is 7.12. The number of rotatable bonds is 10. The van der Waals surface area contributed by atoms with Gasteiger partial charge in [0.1, 0.15) is 0 Å². The first kappa shape index (κ1) is 23.7. The van der Waals surface area contributed by atoms with Crippen molar-refractivity contribution in [3.8, 4) is 11.6 Å². The van der Waals surface area contributed by atoms with E-state index in [-0.39, 0.29) is 5.92 Å². The Balaban J connectivity index is 2.63. The molecule has 0 aliphatic heterocycles. The molecule has 0 amide bonds. The number of ether oxygens (including phenoxy) is 2. The summed E-state index contributed by atoms with van der Waals surface area (Å²) in [4.78, 5) is 4.47. The summed E-state index contributed by atoms with van der Waals surface area (Å²) in [5, 5.41) is 10.2. The minimum atomic E-state index is -0.427. The highest BCUT2D eigenvalue weighted by molar-refractivity contribution is 5.35. The van der Waals surface area contributed by atoms with Gasteiger partial charge in [-0.15, -0.1) is 0 Å². The van der Waals surface area contributed by atoms with Crippen LogP contribution in [0.15, 0.2) is 59.2 Å². The molecule has 0 spiro atoms. The Morgan fingerprint density at radius 2 is 1.89 bits per heavy atom. The van der Waals surface area contributed by atoms with Crippen molar-refractivity contribution in [2.75, 3.05) is 14.2 Å². The first-order chi connectivity index (χ1) is 13.3. The molecule has 0 saturated carbocycles. The van der Waals surface area contributed by atoms with E-state index in [0.717, 1.165) is 29.7 Å². The molecule has 1 heterocycles. The molecular weight excluding hydrogens is 350 g/mol. The highest BCUT2D eigenvalue weighted by Crippen LogP contribution is 2.24. The van der Waals surface area contributed by atoms with Crippen molar-refractivity contribution in [1.29, 1.82) is 0 Å². The van der Waals surface area contributed by atoms with E-state index >= 15 is 0 Å². The van der Waals surface area contributed by atoms with Crippen molar-refractivity contribution in [1.82, 2.24) is 4.98 Å². The van der Waals surface area contributed by atoms with Gasteiger partial charge >= 0.3 is 0 Å². The Morgan fingerprint density at radius 1 is 1.18 bits per heavy atom. The van der Waals surface area contributed by atoms with E-state index in [0.29, 0.717) is 11.6 Å². The van der Waals surface area contributed by atoms with Crippen LogP contribution in [0, 0.1) is 5.92 Å². The van der Waals surface area contributed by atoms with E-state index in [9.17, 15) is 5.11 Å². The van der Waals surface area contributed by atoms with Gasteiger partial charge in [0.15, 0.2) is 5.75 Å². The molecule has 4 nitrogen and oxygen atoms in total. The molecule has 0 fully saturated rings. The van der Waals surface area contributed by atoms with Crippen LogP contribution in [0.4, 0.5) is 0 Å². The fourth-order valence-electron chi connectivity index (χ4n) is 2.82. The van der Waals surface area contributed by atoms with E-state index in [1.807, 2.05) is 39.0 Å². The number of aliphatic hydroxyl groups is 1. The number of allylic oxidation sites excluding steroid dienone is 6. The number of nitrogens with zero attached hydrogens (tertiary/aromatic N) is 1. The minimum Gasteiger partial charge on any atom is -0.491 e. The lowest BCUT2D eigenvalue weighted by molar-refractivity contribution is 0.173. The molecule has 4 heteroatoms. The second kappa shape index (κ2) is 12.2. The minimum absolute atomic E-state index is 0.0913. The second-order valence-electron chi connectivity index (χ2n) is 7.12. The van der Waals surface area contributed by atoms with Gasteiger partial charge in [0, 0.05) is 18.0 Å². The quantitative estimate of drug-likeness (QED) is 0.430. The van der Waals surface area contributed by atoms with Crippen LogP contribution >= 0.6 is 0 Å².